The summed E-state index contributed by atoms with van der Waals surface area (Å²) in [6, 6.07) is 4.62. The number of rotatable bonds is 7. The average molecular weight is 343 g/mol. The first-order chi connectivity index (χ1) is 10.6. The van der Waals surface area contributed by atoms with Gasteiger partial charge in [-0.1, -0.05) is 5.16 Å². The number of aromatic nitrogens is 2. The molecule has 0 saturated carbocycles. The lowest BCUT2D eigenvalue weighted by molar-refractivity contribution is -0.121. The summed E-state index contributed by atoms with van der Waals surface area (Å²) in [5.41, 5.74) is 6.55. The SMILES string of the molecule is Cc1cc(-c2noc(CCC(=O)NCCCN)n2)ccc1F.Cl. The molecule has 0 atom stereocenters. The quantitative estimate of drug-likeness (QED) is 0.750. The second-order valence-corrected chi connectivity index (χ2v) is 4.97. The Morgan fingerprint density at radius 1 is 1.43 bits per heavy atom. The minimum Gasteiger partial charge on any atom is -0.356 e. The normalized spacial score (nSPS) is 10.2. The molecule has 1 aromatic heterocycles. The number of benzene rings is 1. The van der Waals surface area contributed by atoms with Crippen LogP contribution in [0.25, 0.3) is 11.4 Å². The molecule has 0 aliphatic heterocycles. The number of halogens is 2. The predicted molar refractivity (Wildman–Crippen MR) is 86.7 cm³/mol. The molecule has 8 heteroatoms. The molecule has 0 saturated heterocycles. The van der Waals surface area contributed by atoms with Gasteiger partial charge in [0.15, 0.2) is 0 Å². The first-order valence-electron chi connectivity index (χ1n) is 7.16. The maximum Gasteiger partial charge on any atom is 0.227 e. The number of nitrogens with zero attached hydrogens (tertiary/aromatic N) is 2. The third-order valence-corrected chi connectivity index (χ3v) is 3.15. The highest BCUT2D eigenvalue weighted by Crippen LogP contribution is 2.19. The van der Waals surface area contributed by atoms with Gasteiger partial charge < -0.3 is 15.6 Å². The second kappa shape index (κ2) is 9.22. The summed E-state index contributed by atoms with van der Waals surface area (Å²) in [4.78, 5) is 15.8. The third kappa shape index (κ3) is 5.61. The summed E-state index contributed by atoms with van der Waals surface area (Å²) >= 11 is 0. The van der Waals surface area contributed by atoms with Crippen LogP contribution in [-0.4, -0.2) is 29.1 Å². The van der Waals surface area contributed by atoms with E-state index in [1.54, 1.807) is 19.1 Å². The first-order valence-corrected chi connectivity index (χ1v) is 7.16. The van der Waals surface area contributed by atoms with Crippen molar-refractivity contribution in [1.29, 1.82) is 0 Å². The number of nitrogens with one attached hydrogen (secondary N) is 1. The van der Waals surface area contributed by atoms with Gasteiger partial charge in [-0.25, -0.2) is 4.39 Å². The zero-order chi connectivity index (χ0) is 15.9. The van der Waals surface area contributed by atoms with Gasteiger partial charge in [0.25, 0.3) is 0 Å². The Morgan fingerprint density at radius 2 is 2.22 bits per heavy atom. The molecule has 0 fully saturated rings. The van der Waals surface area contributed by atoms with Crippen LogP contribution < -0.4 is 11.1 Å². The molecule has 1 heterocycles. The van der Waals surface area contributed by atoms with Gasteiger partial charge in [0.2, 0.25) is 17.6 Å². The number of hydrogen-bond acceptors (Lipinski definition) is 5. The van der Waals surface area contributed by atoms with E-state index in [0.717, 1.165) is 6.42 Å². The van der Waals surface area contributed by atoms with Gasteiger partial charge in [0.1, 0.15) is 5.82 Å². The standard InChI is InChI=1S/C15H19FN4O2.ClH/c1-10-9-11(3-4-12(10)16)15-19-14(22-20-15)6-5-13(21)18-8-2-7-17;/h3-4,9H,2,5-8,17H2,1H3,(H,18,21);1H. The van der Waals surface area contributed by atoms with Crippen molar-refractivity contribution in [2.24, 2.45) is 5.73 Å². The number of carbonyl (C=O) groups excluding carboxylic acids is 1. The Hall–Kier alpha value is -1.99. The first kappa shape index (κ1) is 19.1. The van der Waals surface area contributed by atoms with Crippen LogP contribution in [0.15, 0.2) is 22.7 Å². The number of nitrogens with two attached hydrogens (primary N) is 1. The van der Waals surface area contributed by atoms with E-state index < -0.39 is 0 Å². The molecule has 126 valence electrons. The van der Waals surface area contributed by atoms with Crippen molar-refractivity contribution in [1.82, 2.24) is 15.5 Å². The lowest BCUT2D eigenvalue weighted by Gasteiger charge is -2.01. The summed E-state index contributed by atoms with van der Waals surface area (Å²) < 4.78 is 18.4. The molecule has 0 aliphatic carbocycles. The maximum absolute atomic E-state index is 13.2. The molecular weight excluding hydrogens is 323 g/mol. The van der Waals surface area contributed by atoms with Gasteiger partial charge in [-0.05, 0) is 43.7 Å². The van der Waals surface area contributed by atoms with Crippen LogP contribution in [0, 0.1) is 12.7 Å². The molecule has 0 radical (unpaired) electrons. The molecule has 1 amide bonds. The van der Waals surface area contributed by atoms with E-state index in [0.29, 0.717) is 42.4 Å². The van der Waals surface area contributed by atoms with Crippen molar-refractivity contribution in [2.75, 3.05) is 13.1 Å². The topological polar surface area (TPSA) is 94.0 Å². The Bertz CT molecular complexity index is 648. The van der Waals surface area contributed by atoms with E-state index >= 15 is 0 Å². The van der Waals surface area contributed by atoms with Crippen LogP contribution in [0.1, 0.15) is 24.3 Å². The van der Waals surface area contributed by atoms with Crippen molar-refractivity contribution in [3.05, 3.63) is 35.5 Å². The minimum atomic E-state index is -0.276. The zero-order valence-electron chi connectivity index (χ0n) is 12.8. The monoisotopic (exact) mass is 342 g/mol. The Balaban J connectivity index is 0.00000264. The smallest absolute Gasteiger partial charge is 0.227 e. The molecule has 0 unspecified atom stereocenters. The van der Waals surface area contributed by atoms with Crippen LogP contribution in [0.2, 0.25) is 0 Å². The Kier molecular flexibility index (Phi) is 7.64. The largest absolute Gasteiger partial charge is 0.356 e. The van der Waals surface area contributed by atoms with Crippen LogP contribution in [0.4, 0.5) is 4.39 Å². The van der Waals surface area contributed by atoms with Crippen LogP contribution in [0.3, 0.4) is 0 Å². The van der Waals surface area contributed by atoms with Gasteiger partial charge in [0, 0.05) is 24.9 Å². The molecule has 2 rings (SSSR count). The Labute approximate surface area is 140 Å². The molecule has 1 aromatic carbocycles. The van der Waals surface area contributed by atoms with Gasteiger partial charge in [0.05, 0.1) is 0 Å². The van der Waals surface area contributed by atoms with Gasteiger partial charge >= 0.3 is 0 Å². The number of carbonyl (C=O) groups is 1. The average Bonchev–Trinajstić information content (AvgIpc) is 2.97. The number of aryl methyl sites for hydroxylation is 2. The molecule has 0 spiro atoms. The van der Waals surface area contributed by atoms with E-state index in [1.165, 1.54) is 6.07 Å². The van der Waals surface area contributed by atoms with Crippen molar-refractivity contribution < 1.29 is 13.7 Å². The maximum atomic E-state index is 13.2. The van der Waals surface area contributed by atoms with E-state index in [1.807, 2.05) is 0 Å². The molecule has 0 bridgehead atoms. The van der Waals surface area contributed by atoms with E-state index in [2.05, 4.69) is 15.5 Å². The van der Waals surface area contributed by atoms with Crippen molar-refractivity contribution in [3.63, 3.8) is 0 Å². The lowest BCUT2D eigenvalue weighted by Crippen LogP contribution is -2.26. The molecule has 3 N–H and O–H groups in total. The van der Waals surface area contributed by atoms with Crippen LogP contribution in [0.5, 0.6) is 0 Å². The highest BCUT2D eigenvalue weighted by atomic mass is 35.5. The highest BCUT2D eigenvalue weighted by Gasteiger charge is 2.11. The number of hydrogen-bond donors (Lipinski definition) is 2. The number of amides is 1. The third-order valence-electron chi connectivity index (χ3n) is 3.15. The van der Waals surface area contributed by atoms with E-state index in [-0.39, 0.29) is 30.6 Å². The van der Waals surface area contributed by atoms with Crippen molar-refractivity contribution in [3.8, 4) is 11.4 Å². The fourth-order valence-corrected chi connectivity index (χ4v) is 1.90. The molecule has 0 aliphatic rings. The predicted octanol–water partition coefficient (Wildman–Crippen LogP) is 2.00. The summed E-state index contributed by atoms with van der Waals surface area (Å²) in [5.74, 6) is 0.417. The van der Waals surface area contributed by atoms with E-state index in [4.69, 9.17) is 10.3 Å². The minimum absolute atomic E-state index is 0. The fourth-order valence-electron chi connectivity index (χ4n) is 1.90. The van der Waals surface area contributed by atoms with E-state index in [9.17, 15) is 9.18 Å². The Morgan fingerprint density at radius 3 is 2.91 bits per heavy atom. The van der Waals surface area contributed by atoms with Crippen molar-refractivity contribution >= 4 is 18.3 Å². The zero-order valence-corrected chi connectivity index (χ0v) is 13.7. The van der Waals surface area contributed by atoms with Crippen molar-refractivity contribution in [2.45, 2.75) is 26.2 Å². The molecule has 6 nitrogen and oxygen atoms in total. The van der Waals surface area contributed by atoms with Gasteiger partial charge in [-0.2, -0.15) is 4.98 Å². The fraction of sp³-hybridized carbons (Fsp3) is 0.400. The second-order valence-electron chi connectivity index (χ2n) is 4.97. The summed E-state index contributed by atoms with van der Waals surface area (Å²) in [6.07, 6.45) is 1.39. The highest BCUT2D eigenvalue weighted by molar-refractivity contribution is 5.85. The molecule has 23 heavy (non-hydrogen) atoms. The molecule has 2 aromatic rings. The van der Waals surface area contributed by atoms with Crippen LogP contribution >= 0.6 is 12.4 Å². The van der Waals surface area contributed by atoms with Gasteiger partial charge in [-0.3, -0.25) is 4.79 Å². The molecular formula is C15H20ClFN4O2. The summed E-state index contributed by atoms with van der Waals surface area (Å²) in [6.45, 7) is 2.79. The summed E-state index contributed by atoms with van der Waals surface area (Å²) in [7, 11) is 0. The van der Waals surface area contributed by atoms with Crippen LogP contribution in [-0.2, 0) is 11.2 Å². The lowest BCUT2D eigenvalue weighted by atomic mass is 10.1. The summed E-state index contributed by atoms with van der Waals surface area (Å²) in [5, 5.41) is 6.61. The van der Waals surface area contributed by atoms with Gasteiger partial charge in [-0.15, -0.1) is 12.4 Å².